The van der Waals surface area contributed by atoms with Gasteiger partial charge in [-0.15, -0.1) is 0 Å². The highest BCUT2D eigenvalue weighted by atomic mass is 16.3. The lowest BCUT2D eigenvalue weighted by molar-refractivity contribution is 0.214. The Balaban J connectivity index is 1.84. The number of hydrogen-bond donors (Lipinski definition) is 3. The summed E-state index contributed by atoms with van der Waals surface area (Å²) in [5.74, 6) is 3.16. The highest BCUT2D eigenvalue weighted by Gasteiger charge is 2.34. The van der Waals surface area contributed by atoms with Gasteiger partial charge in [0.2, 0.25) is 0 Å². The van der Waals surface area contributed by atoms with Crippen molar-refractivity contribution in [2.45, 2.75) is 50.0 Å². The van der Waals surface area contributed by atoms with Crippen LogP contribution in [0.3, 0.4) is 0 Å². The molecule has 0 unspecified atom stereocenters. The zero-order valence-electron chi connectivity index (χ0n) is 11.4. The monoisotopic (exact) mass is 262 g/mol. The van der Waals surface area contributed by atoms with Crippen molar-refractivity contribution in [1.29, 1.82) is 0 Å². The standard InChI is InChI=1S/C14H22N4O/c1-15-11-8-12(17-13(16-11)10-4-5-10)18-14(9-19)6-2-3-7-14/h8,10,19H,2-7,9H2,1H3,(H2,15,16,17,18). The van der Waals surface area contributed by atoms with Gasteiger partial charge in [-0.1, -0.05) is 12.8 Å². The van der Waals surface area contributed by atoms with Gasteiger partial charge in [-0.05, 0) is 25.7 Å². The molecule has 0 spiro atoms. The Morgan fingerprint density at radius 3 is 2.53 bits per heavy atom. The summed E-state index contributed by atoms with van der Waals surface area (Å²) in [6.45, 7) is 0.171. The highest BCUT2D eigenvalue weighted by molar-refractivity contribution is 5.49. The number of aromatic nitrogens is 2. The maximum atomic E-state index is 9.67. The summed E-state index contributed by atoms with van der Waals surface area (Å²) in [7, 11) is 1.88. The number of anilines is 2. The Bertz CT molecular complexity index is 453. The fourth-order valence-electron chi connectivity index (χ4n) is 2.83. The molecule has 1 aromatic rings. The molecule has 3 N–H and O–H groups in total. The summed E-state index contributed by atoms with van der Waals surface area (Å²) in [6.07, 6.45) is 6.76. The Morgan fingerprint density at radius 1 is 1.26 bits per heavy atom. The molecule has 1 aromatic heterocycles. The first-order chi connectivity index (χ1) is 9.24. The van der Waals surface area contributed by atoms with Crippen molar-refractivity contribution in [2.24, 2.45) is 0 Å². The maximum absolute atomic E-state index is 9.67. The number of nitrogens with zero attached hydrogens (tertiary/aromatic N) is 2. The van der Waals surface area contributed by atoms with Crippen LogP contribution < -0.4 is 10.6 Å². The van der Waals surface area contributed by atoms with Gasteiger partial charge in [0.15, 0.2) is 0 Å². The van der Waals surface area contributed by atoms with Crippen molar-refractivity contribution in [2.75, 3.05) is 24.3 Å². The summed E-state index contributed by atoms with van der Waals surface area (Å²) >= 11 is 0. The van der Waals surface area contributed by atoms with Crippen LogP contribution in [-0.4, -0.2) is 34.3 Å². The Morgan fingerprint density at radius 2 is 1.95 bits per heavy atom. The second kappa shape index (κ2) is 4.96. The van der Waals surface area contributed by atoms with Crippen LogP contribution in [0.2, 0.25) is 0 Å². The van der Waals surface area contributed by atoms with Gasteiger partial charge < -0.3 is 15.7 Å². The van der Waals surface area contributed by atoms with Crippen molar-refractivity contribution < 1.29 is 5.11 Å². The third kappa shape index (κ3) is 2.66. The Hall–Kier alpha value is -1.36. The van der Waals surface area contributed by atoms with Gasteiger partial charge in [-0.25, -0.2) is 9.97 Å². The largest absolute Gasteiger partial charge is 0.394 e. The molecule has 2 saturated carbocycles. The summed E-state index contributed by atoms with van der Waals surface area (Å²) in [4.78, 5) is 9.14. The van der Waals surface area contributed by atoms with Crippen LogP contribution in [0.5, 0.6) is 0 Å². The summed E-state index contributed by atoms with van der Waals surface area (Å²) in [5.41, 5.74) is -0.180. The van der Waals surface area contributed by atoms with E-state index < -0.39 is 0 Å². The molecule has 0 radical (unpaired) electrons. The highest BCUT2D eigenvalue weighted by Crippen LogP contribution is 2.39. The van der Waals surface area contributed by atoms with E-state index in [1.807, 2.05) is 13.1 Å². The first-order valence-electron chi connectivity index (χ1n) is 7.20. The summed E-state index contributed by atoms with van der Waals surface area (Å²) in [6, 6.07) is 1.93. The van der Waals surface area contributed by atoms with E-state index in [-0.39, 0.29) is 12.1 Å². The van der Waals surface area contributed by atoms with Gasteiger partial charge in [0, 0.05) is 19.0 Å². The van der Waals surface area contributed by atoms with E-state index >= 15 is 0 Å². The molecular formula is C14H22N4O. The lowest BCUT2D eigenvalue weighted by Crippen LogP contribution is -2.39. The van der Waals surface area contributed by atoms with E-state index in [0.717, 1.165) is 30.3 Å². The molecular weight excluding hydrogens is 240 g/mol. The topological polar surface area (TPSA) is 70.1 Å². The van der Waals surface area contributed by atoms with Crippen LogP contribution in [0.25, 0.3) is 0 Å². The second-order valence-corrected chi connectivity index (χ2v) is 5.79. The third-order valence-electron chi connectivity index (χ3n) is 4.20. The molecule has 0 atom stereocenters. The van der Waals surface area contributed by atoms with Crippen LogP contribution in [-0.2, 0) is 0 Å². The van der Waals surface area contributed by atoms with Gasteiger partial charge in [0.1, 0.15) is 17.5 Å². The van der Waals surface area contributed by atoms with Crippen LogP contribution in [0.4, 0.5) is 11.6 Å². The zero-order valence-corrected chi connectivity index (χ0v) is 11.4. The van der Waals surface area contributed by atoms with Crippen molar-refractivity contribution >= 4 is 11.6 Å². The van der Waals surface area contributed by atoms with E-state index in [4.69, 9.17) is 0 Å². The van der Waals surface area contributed by atoms with Crippen LogP contribution in [0.15, 0.2) is 6.07 Å². The molecule has 0 aromatic carbocycles. The van der Waals surface area contributed by atoms with Gasteiger partial charge in [-0.2, -0.15) is 0 Å². The van der Waals surface area contributed by atoms with Crippen molar-refractivity contribution in [3.8, 4) is 0 Å². The SMILES string of the molecule is CNc1cc(NC2(CO)CCCC2)nc(C2CC2)n1. The Kier molecular flexibility index (Phi) is 3.31. The van der Waals surface area contributed by atoms with E-state index in [9.17, 15) is 5.11 Å². The fraction of sp³-hybridized carbons (Fsp3) is 0.714. The average Bonchev–Trinajstić information content (AvgIpc) is 3.19. The predicted octanol–water partition coefficient (Wildman–Crippen LogP) is 2.11. The van der Waals surface area contributed by atoms with Gasteiger partial charge in [0.05, 0.1) is 12.1 Å². The van der Waals surface area contributed by atoms with Gasteiger partial charge >= 0.3 is 0 Å². The minimum Gasteiger partial charge on any atom is -0.394 e. The molecule has 0 bridgehead atoms. The first-order valence-corrected chi connectivity index (χ1v) is 7.20. The van der Waals surface area contributed by atoms with Crippen molar-refractivity contribution in [3.05, 3.63) is 11.9 Å². The zero-order chi connectivity index (χ0) is 13.3. The van der Waals surface area contributed by atoms with Crippen molar-refractivity contribution in [3.63, 3.8) is 0 Å². The summed E-state index contributed by atoms with van der Waals surface area (Å²) < 4.78 is 0. The second-order valence-electron chi connectivity index (χ2n) is 5.79. The number of aliphatic hydroxyl groups is 1. The molecule has 5 nitrogen and oxygen atoms in total. The van der Waals surface area contributed by atoms with E-state index in [1.165, 1.54) is 25.7 Å². The fourth-order valence-corrected chi connectivity index (χ4v) is 2.83. The van der Waals surface area contributed by atoms with Gasteiger partial charge in [-0.3, -0.25) is 0 Å². The quantitative estimate of drug-likeness (QED) is 0.758. The normalized spacial score (nSPS) is 21.4. The predicted molar refractivity (Wildman–Crippen MR) is 75.5 cm³/mol. The van der Waals surface area contributed by atoms with E-state index in [0.29, 0.717) is 5.92 Å². The molecule has 19 heavy (non-hydrogen) atoms. The molecule has 104 valence electrons. The van der Waals surface area contributed by atoms with Crippen LogP contribution >= 0.6 is 0 Å². The molecule has 2 aliphatic carbocycles. The van der Waals surface area contributed by atoms with Gasteiger partial charge in [0.25, 0.3) is 0 Å². The lowest BCUT2D eigenvalue weighted by atomic mass is 9.99. The summed E-state index contributed by atoms with van der Waals surface area (Å²) in [5, 5.41) is 16.2. The average molecular weight is 262 g/mol. The maximum Gasteiger partial charge on any atom is 0.136 e. The third-order valence-corrected chi connectivity index (χ3v) is 4.20. The number of rotatable bonds is 5. The molecule has 2 fully saturated rings. The minimum absolute atomic E-state index is 0.171. The minimum atomic E-state index is -0.180. The number of nitrogens with one attached hydrogen (secondary N) is 2. The molecule has 1 heterocycles. The van der Waals surface area contributed by atoms with E-state index in [1.54, 1.807) is 0 Å². The molecule has 0 aliphatic heterocycles. The molecule has 0 amide bonds. The smallest absolute Gasteiger partial charge is 0.136 e. The molecule has 3 rings (SSSR count). The number of aliphatic hydroxyl groups excluding tert-OH is 1. The van der Waals surface area contributed by atoms with Crippen LogP contribution in [0.1, 0.15) is 50.3 Å². The first kappa shape index (κ1) is 12.7. The lowest BCUT2D eigenvalue weighted by Gasteiger charge is -2.28. The van der Waals surface area contributed by atoms with Crippen LogP contribution in [0, 0.1) is 0 Å². The van der Waals surface area contributed by atoms with E-state index in [2.05, 4.69) is 20.6 Å². The Labute approximate surface area is 113 Å². The molecule has 2 aliphatic rings. The number of hydrogen-bond acceptors (Lipinski definition) is 5. The molecule has 0 saturated heterocycles. The molecule has 5 heteroatoms. The van der Waals surface area contributed by atoms with Crippen molar-refractivity contribution in [1.82, 2.24) is 9.97 Å².